The van der Waals surface area contributed by atoms with E-state index >= 15 is 0 Å². The standard InChI is InChI=1S/C25H23BrClN3O2/c1-25(2,3)32-24(31)28-23-29(16-17-8-4-5-9-20(17)27)21-10-6-7-11-22(21)30(23)19-14-12-18(26)13-15-19/h4-15H,16H2,1-3H3. The van der Waals surface area contributed by atoms with Gasteiger partial charge in [-0.1, -0.05) is 57.9 Å². The third kappa shape index (κ3) is 4.81. The van der Waals surface area contributed by atoms with Crippen LogP contribution >= 0.6 is 27.5 Å². The number of fused-ring (bicyclic) bond motifs is 1. The summed E-state index contributed by atoms with van der Waals surface area (Å²) in [6.07, 6.45) is -0.647. The zero-order chi connectivity index (χ0) is 22.9. The zero-order valence-electron chi connectivity index (χ0n) is 18.0. The third-order valence-electron chi connectivity index (χ3n) is 4.81. The number of nitrogens with zero attached hydrogens (tertiary/aromatic N) is 3. The van der Waals surface area contributed by atoms with Crippen molar-refractivity contribution in [2.45, 2.75) is 32.9 Å². The van der Waals surface area contributed by atoms with Crippen LogP contribution in [0.2, 0.25) is 5.02 Å². The van der Waals surface area contributed by atoms with E-state index in [1.165, 1.54) is 0 Å². The van der Waals surface area contributed by atoms with Crippen molar-refractivity contribution in [3.05, 3.63) is 93.5 Å². The van der Waals surface area contributed by atoms with Gasteiger partial charge in [0.25, 0.3) is 0 Å². The van der Waals surface area contributed by atoms with Crippen molar-refractivity contribution in [3.63, 3.8) is 0 Å². The number of aromatic nitrogens is 2. The molecule has 4 rings (SSSR count). The van der Waals surface area contributed by atoms with Crippen LogP contribution in [0, 0.1) is 0 Å². The Morgan fingerprint density at radius 2 is 1.59 bits per heavy atom. The maximum atomic E-state index is 12.8. The Labute approximate surface area is 200 Å². The summed E-state index contributed by atoms with van der Waals surface area (Å²) < 4.78 is 10.4. The van der Waals surface area contributed by atoms with Crippen molar-refractivity contribution in [2.24, 2.45) is 4.99 Å². The predicted octanol–water partition coefficient (Wildman–Crippen LogP) is 6.73. The van der Waals surface area contributed by atoms with Crippen LogP contribution in [-0.4, -0.2) is 20.8 Å². The molecule has 1 amide bonds. The first-order chi connectivity index (χ1) is 15.2. The molecule has 4 aromatic rings. The number of amides is 1. The van der Waals surface area contributed by atoms with Gasteiger partial charge in [-0.25, -0.2) is 4.79 Å². The molecular weight excluding hydrogens is 490 g/mol. The van der Waals surface area contributed by atoms with Crippen molar-refractivity contribution >= 4 is 44.7 Å². The monoisotopic (exact) mass is 511 g/mol. The fraction of sp³-hybridized carbons (Fsp3) is 0.200. The Hall–Kier alpha value is -2.83. The van der Waals surface area contributed by atoms with Crippen LogP contribution in [0.5, 0.6) is 0 Å². The Bertz CT molecular complexity index is 1350. The van der Waals surface area contributed by atoms with Crippen molar-refractivity contribution in [2.75, 3.05) is 0 Å². The molecule has 164 valence electrons. The average molecular weight is 513 g/mol. The fourth-order valence-electron chi connectivity index (χ4n) is 3.49. The van der Waals surface area contributed by atoms with E-state index in [0.717, 1.165) is 26.8 Å². The Morgan fingerprint density at radius 3 is 2.25 bits per heavy atom. The van der Waals surface area contributed by atoms with E-state index in [9.17, 15) is 4.79 Å². The predicted molar refractivity (Wildman–Crippen MR) is 131 cm³/mol. The zero-order valence-corrected chi connectivity index (χ0v) is 20.4. The molecule has 7 heteroatoms. The molecule has 0 saturated carbocycles. The van der Waals surface area contributed by atoms with Gasteiger partial charge in [0.2, 0.25) is 5.62 Å². The summed E-state index contributed by atoms with van der Waals surface area (Å²) in [4.78, 5) is 17.2. The van der Waals surface area contributed by atoms with E-state index in [2.05, 4.69) is 20.9 Å². The molecule has 1 heterocycles. The molecule has 3 aromatic carbocycles. The minimum absolute atomic E-state index is 0.450. The highest BCUT2D eigenvalue weighted by Crippen LogP contribution is 2.22. The Kier molecular flexibility index (Phi) is 6.26. The van der Waals surface area contributed by atoms with E-state index in [1.54, 1.807) is 0 Å². The maximum Gasteiger partial charge on any atom is 0.437 e. The second-order valence-corrected chi connectivity index (χ2v) is 9.69. The molecule has 0 radical (unpaired) electrons. The van der Waals surface area contributed by atoms with E-state index in [-0.39, 0.29) is 0 Å². The fourth-order valence-corrected chi connectivity index (χ4v) is 3.95. The van der Waals surface area contributed by atoms with Crippen LogP contribution < -0.4 is 5.62 Å². The number of hydrogen-bond donors (Lipinski definition) is 0. The van der Waals surface area contributed by atoms with Crippen LogP contribution in [0.3, 0.4) is 0 Å². The quantitative estimate of drug-likeness (QED) is 0.305. The number of carbonyl (C=O) groups is 1. The van der Waals surface area contributed by atoms with Crippen molar-refractivity contribution in [3.8, 4) is 5.69 Å². The van der Waals surface area contributed by atoms with Gasteiger partial charge in [-0.15, -0.1) is 4.99 Å². The van der Waals surface area contributed by atoms with Gasteiger partial charge in [0.1, 0.15) is 5.60 Å². The van der Waals surface area contributed by atoms with Crippen molar-refractivity contribution in [1.29, 1.82) is 0 Å². The maximum absolute atomic E-state index is 12.8. The van der Waals surface area contributed by atoms with E-state index in [0.29, 0.717) is 17.2 Å². The Morgan fingerprint density at radius 1 is 0.969 bits per heavy atom. The number of halogens is 2. The first-order valence-corrected chi connectivity index (χ1v) is 11.4. The lowest BCUT2D eigenvalue weighted by Crippen LogP contribution is -2.29. The minimum atomic E-state index is -0.650. The van der Waals surface area contributed by atoms with E-state index in [4.69, 9.17) is 16.3 Å². The summed E-state index contributed by atoms with van der Waals surface area (Å²) in [7, 11) is 0. The van der Waals surface area contributed by atoms with Gasteiger partial charge in [-0.3, -0.25) is 4.57 Å². The van der Waals surface area contributed by atoms with Gasteiger partial charge in [-0.2, -0.15) is 0 Å². The largest absolute Gasteiger partial charge is 0.442 e. The van der Waals surface area contributed by atoms with Crippen LogP contribution in [0.15, 0.2) is 82.3 Å². The second-order valence-electron chi connectivity index (χ2n) is 8.37. The molecule has 5 nitrogen and oxygen atoms in total. The molecule has 0 N–H and O–H groups in total. The molecular formula is C25H23BrClN3O2. The Balaban J connectivity index is 2.02. The van der Waals surface area contributed by atoms with Gasteiger partial charge in [0.15, 0.2) is 0 Å². The molecule has 0 spiro atoms. The number of benzene rings is 3. The molecule has 0 saturated heterocycles. The van der Waals surface area contributed by atoms with Crippen LogP contribution in [0.1, 0.15) is 26.3 Å². The second kappa shape index (κ2) is 8.96. The summed E-state index contributed by atoms with van der Waals surface area (Å²) in [5, 5.41) is 0.656. The number of imidazole rings is 1. The molecule has 0 bridgehead atoms. The molecule has 0 aliphatic heterocycles. The molecule has 0 atom stereocenters. The van der Waals surface area contributed by atoms with E-state index in [1.807, 2.05) is 103 Å². The highest BCUT2D eigenvalue weighted by atomic mass is 79.9. The topological polar surface area (TPSA) is 48.5 Å². The highest BCUT2D eigenvalue weighted by molar-refractivity contribution is 9.10. The van der Waals surface area contributed by atoms with Gasteiger partial charge in [0.05, 0.1) is 17.6 Å². The lowest BCUT2D eigenvalue weighted by molar-refractivity contribution is 0.0594. The number of carbonyl (C=O) groups excluding carboxylic acids is 1. The van der Waals surface area contributed by atoms with Gasteiger partial charge in [-0.05, 0) is 68.8 Å². The lowest BCUT2D eigenvalue weighted by Gasteiger charge is -2.17. The van der Waals surface area contributed by atoms with Gasteiger partial charge in [0, 0.05) is 15.2 Å². The SMILES string of the molecule is CC(C)(C)OC(=O)N=c1n(Cc2ccccc2Cl)c2ccccc2n1-c1ccc(Br)cc1. The highest BCUT2D eigenvalue weighted by Gasteiger charge is 2.19. The van der Waals surface area contributed by atoms with Gasteiger partial charge < -0.3 is 9.30 Å². The summed E-state index contributed by atoms with van der Waals surface area (Å²) in [5.74, 6) is 0. The average Bonchev–Trinajstić information content (AvgIpc) is 3.02. The minimum Gasteiger partial charge on any atom is -0.442 e. The molecule has 32 heavy (non-hydrogen) atoms. The summed E-state index contributed by atoms with van der Waals surface area (Å²) in [5.41, 5.74) is 3.47. The number of rotatable bonds is 3. The number of para-hydroxylation sites is 2. The van der Waals surface area contributed by atoms with Crippen molar-refractivity contribution < 1.29 is 9.53 Å². The molecule has 0 unspecified atom stereocenters. The van der Waals surface area contributed by atoms with Crippen LogP contribution in [0.25, 0.3) is 16.7 Å². The lowest BCUT2D eigenvalue weighted by atomic mass is 10.2. The van der Waals surface area contributed by atoms with Gasteiger partial charge >= 0.3 is 6.09 Å². The third-order valence-corrected chi connectivity index (χ3v) is 5.71. The normalized spacial score (nSPS) is 12.3. The summed E-state index contributed by atoms with van der Waals surface area (Å²) >= 11 is 9.95. The summed E-state index contributed by atoms with van der Waals surface area (Å²) in [6.45, 7) is 5.92. The van der Waals surface area contributed by atoms with Crippen LogP contribution in [0.4, 0.5) is 4.79 Å². The number of hydrogen-bond acceptors (Lipinski definition) is 2. The first-order valence-electron chi connectivity index (χ1n) is 10.2. The van der Waals surface area contributed by atoms with E-state index < -0.39 is 11.7 Å². The first kappa shape index (κ1) is 22.4. The molecule has 0 aliphatic carbocycles. The summed E-state index contributed by atoms with van der Waals surface area (Å²) in [6, 6.07) is 23.5. The van der Waals surface area contributed by atoms with Crippen molar-refractivity contribution in [1.82, 2.24) is 9.13 Å². The smallest absolute Gasteiger partial charge is 0.437 e. The molecule has 0 fully saturated rings. The number of ether oxygens (including phenoxy) is 1. The molecule has 0 aliphatic rings. The van der Waals surface area contributed by atoms with Crippen LogP contribution in [-0.2, 0) is 11.3 Å². The molecule has 1 aromatic heterocycles.